The number of rotatable bonds is 8. The molecule has 0 fully saturated rings. The second-order valence-electron chi connectivity index (χ2n) is 10.8. The van der Waals surface area contributed by atoms with Crippen molar-refractivity contribution in [1.29, 1.82) is 0 Å². The highest BCUT2D eigenvalue weighted by molar-refractivity contribution is 7.98. The summed E-state index contributed by atoms with van der Waals surface area (Å²) in [5.41, 5.74) is -4.83. The minimum atomic E-state index is -5.36. The first-order valence-electron chi connectivity index (χ1n) is 13.1. The van der Waals surface area contributed by atoms with E-state index >= 15 is 13.2 Å². The Labute approximate surface area is 244 Å². The van der Waals surface area contributed by atoms with Crippen molar-refractivity contribution in [1.82, 2.24) is 0 Å². The van der Waals surface area contributed by atoms with Gasteiger partial charge in [0.25, 0.3) is 4.62 Å². The zero-order valence-corrected chi connectivity index (χ0v) is 24.6. The Hall–Kier alpha value is -3.18. The molecule has 0 aliphatic rings. The van der Waals surface area contributed by atoms with Crippen LogP contribution in [-0.4, -0.2) is 33.1 Å². The van der Waals surface area contributed by atoms with Crippen LogP contribution in [0.3, 0.4) is 0 Å². The second-order valence-corrected chi connectivity index (χ2v) is 15.2. The summed E-state index contributed by atoms with van der Waals surface area (Å²) in [6, 6.07) is 33.0. The van der Waals surface area contributed by atoms with Crippen molar-refractivity contribution in [3.63, 3.8) is 0 Å². The predicted octanol–water partition coefficient (Wildman–Crippen LogP) is 6.79. The lowest BCUT2D eigenvalue weighted by molar-refractivity contribution is -0.266. The number of halogens is 4. The molecule has 0 aliphatic carbocycles. The van der Waals surface area contributed by atoms with Gasteiger partial charge in [-0.2, -0.15) is 13.2 Å². The second kappa shape index (κ2) is 11.6. The van der Waals surface area contributed by atoms with Crippen molar-refractivity contribution in [3.05, 3.63) is 127 Å². The van der Waals surface area contributed by atoms with Gasteiger partial charge >= 0.3 is 12.1 Å². The summed E-state index contributed by atoms with van der Waals surface area (Å²) in [6.45, 7) is 4.67. The van der Waals surface area contributed by atoms with Gasteiger partial charge in [0.1, 0.15) is 28.8 Å². The van der Waals surface area contributed by atoms with Gasteiger partial charge in [-0.1, -0.05) is 96.5 Å². The van der Waals surface area contributed by atoms with Crippen LogP contribution in [0.2, 0.25) is 0 Å². The van der Waals surface area contributed by atoms with Crippen molar-refractivity contribution < 1.29 is 27.8 Å². The molecule has 4 aromatic rings. The fraction of sp³-hybridized carbons (Fsp3) is 0.242. The average Bonchev–Trinajstić information content (AvgIpc) is 2.94. The monoisotopic (exact) mass is 599 g/mol. The third-order valence-corrected chi connectivity index (χ3v) is 12.8. The summed E-state index contributed by atoms with van der Waals surface area (Å²) in [4.78, 5) is 14.5. The number of alkyl halides is 4. The predicted molar refractivity (Wildman–Crippen MR) is 161 cm³/mol. The average molecular weight is 600 g/mol. The summed E-state index contributed by atoms with van der Waals surface area (Å²) < 4.78 is 49.6. The molecule has 0 heterocycles. The van der Waals surface area contributed by atoms with Gasteiger partial charge in [-0.05, 0) is 62.7 Å². The van der Waals surface area contributed by atoms with E-state index in [-0.39, 0.29) is 5.56 Å². The maximum Gasteiger partial charge on any atom is 0.423 e. The third kappa shape index (κ3) is 5.53. The molecule has 2 atom stereocenters. The van der Waals surface area contributed by atoms with Gasteiger partial charge in [-0.25, -0.2) is 4.79 Å². The summed E-state index contributed by atoms with van der Waals surface area (Å²) in [7, 11) is -3.95. The zero-order chi connectivity index (χ0) is 29.9. The maximum absolute atomic E-state index is 15.6. The van der Waals surface area contributed by atoms with Crippen LogP contribution in [0.15, 0.2) is 121 Å². The van der Waals surface area contributed by atoms with Crippen molar-refractivity contribution in [2.45, 2.75) is 49.2 Å². The van der Waals surface area contributed by atoms with Crippen LogP contribution in [-0.2, 0) is 16.0 Å². The minimum Gasteiger partial charge on any atom is -0.456 e. The lowest BCUT2D eigenvalue weighted by atomic mass is 9.89. The summed E-state index contributed by atoms with van der Waals surface area (Å²) in [5, 5.41) is 13.4. The number of carbonyl (C=O) groups excluding carboxylic acids is 1. The van der Waals surface area contributed by atoms with E-state index in [4.69, 9.17) is 16.3 Å². The molecule has 0 bridgehead atoms. The molecule has 4 rings (SSSR count). The van der Waals surface area contributed by atoms with Gasteiger partial charge in [0.15, 0.2) is 0 Å². The number of hydrogen-bond donors (Lipinski definition) is 1. The van der Waals surface area contributed by atoms with Gasteiger partial charge in [0.05, 0.1) is 0 Å². The number of aliphatic hydroxyl groups is 1. The van der Waals surface area contributed by atoms with Crippen LogP contribution in [0, 0.1) is 0 Å². The van der Waals surface area contributed by atoms with Crippen LogP contribution in [0.5, 0.6) is 0 Å². The van der Waals surface area contributed by atoms with Crippen LogP contribution in [0.4, 0.5) is 13.2 Å². The maximum atomic E-state index is 15.6. The van der Waals surface area contributed by atoms with E-state index in [9.17, 15) is 9.90 Å². The highest BCUT2D eigenvalue weighted by Crippen LogP contribution is 2.73. The molecule has 0 aliphatic heterocycles. The fourth-order valence-electron chi connectivity index (χ4n) is 5.16. The number of carbonyl (C=O) groups is 1. The lowest BCUT2D eigenvalue weighted by Crippen LogP contribution is -2.70. The molecule has 1 N–H and O–H groups in total. The first-order valence-corrected chi connectivity index (χ1v) is 15.3. The Bertz CT molecular complexity index is 1350. The standard InChI is InChI=1S/C33H32ClF3O3P/c1-30(2,3)40-29(38)32(34,31(39,33(35,36)37)24-25-16-8-4-9-17-25)41(26-18-10-5-11-19-26,27-20-12-6-13-21-27)28-22-14-7-15-23-28/h4-23,39H,24H2,1-3H3/q+1. The Kier molecular flexibility index (Phi) is 8.71. The first-order chi connectivity index (χ1) is 19.3. The minimum absolute atomic E-state index is 0.160. The lowest BCUT2D eigenvalue weighted by Gasteiger charge is -2.48. The molecular weight excluding hydrogens is 568 g/mol. The summed E-state index contributed by atoms with van der Waals surface area (Å²) in [5.74, 6) is -1.35. The molecular formula is C33H32ClF3O3P+. The number of benzene rings is 4. The topological polar surface area (TPSA) is 46.5 Å². The van der Waals surface area contributed by atoms with Crippen LogP contribution in [0.1, 0.15) is 26.3 Å². The van der Waals surface area contributed by atoms with E-state index in [1.165, 1.54) is 12.1 Å². The molecule has 3 nitrogen and oxygen atoms in total. The van der Waals surface area contributed by atoms with Crippen molar-refractivity contribution in [2.75, 3.05) is 0 Å². The zero-order valence-electron chi connectivity index (χ0n) is 23.0. The molecule has 4 aromatic carbocycles. The van der Waals surface area contributed by atoms with E-state index in [2.05, 4.69) is 0 Å². The summed E-state index contributed by atoms with van der Waals surface area (Å²) in [6.07, 6.45) is -6.33. The van der Waals surface area contributed by atoms with Gasteiger partial charge in [0.2, 0.25) is 5.60 Å². The van der Waals surface area contributed by atoms with Gasteiger partial charge in [-0.15, -0.1) is 0 Å². The highest BCUT2D eigenvalue weighted by Gasteiger charge is 2.83. The van der Waals surface area contributed by atoms with Crippen molar-refractivity contribution in [3.8, 4) is 0 Å². The van der Waals surface area contributed by atoms with Gasteiger partial charge < -0.3 is 9.84 Å². The summed E-state index contributed by atoms with van der Waals surface area (Å²) >= 11 is 7.47. The Balaban J connectivity index is 2.26. The third-order valence-electron chi connectivity index (χ3n) is 6.88. The Morgan fingerprint density at radius 1 is 0.707 bits per heavy atom. The number of esters is 1. The molecule has 0 amide bonds. The molecule has 2 unspecified atom stereocenters. The Morgan fingerprint density at radius 3 is 1.37 bits per heavy atom. The van der Waals surface area contributed by atoms with Gasteiger partial charge in [0, 0.05) is 6.42 Å². The molecule has 214 valence electrons. The highest BCUT2D eigenvalue weighted by atomic mass is 35.5. The fourth-order valence-corrected chi connectivity index (χ4v) is 11.2. The van der Waals surface area contributed by atoms with E-state index < -0.39 is 41.6 Å². The van der Waals surface area contributed by atoms with Gasteiger partial charge in [-0.3, -0.25) is 0 Å². The molecule has 0 radical (unpaired) electrons. The van der Waals surface area contributed by atoms with E-state index in [1.807, 2.05) is 0 Å². The van der Waals surface area contributed by atoms with E-state index in [0.29, 0.717) is 15.9 Å². The molecule has 0 saturated carbocycles. The van der Waals surface area contributed by atoms with Crippen molar-refractivity contribution in [2.24, 2.45) is 0 Å². The SMILES string of the molecule is CC(C)(C)OC(=O)C(Cl)(C(O)(Cc1ccccc1)C(F)(F)F)[P+](c1ccccc1)(c1ccccc1)c1ccccc1. The first kappa shape index (κ1) is 30.8. The molecule has 0 spiro atoms. The normalized spacial score (nSPS) is 15.4. The molecule has 0 saturated heterocycles. The molecule has 8 heteroatoms. The van der Waals surface area contributed by atoms with Crippen LogP contribution in [0.25, 0.3) is 0 Å². The van der Waals surface area contributed by atoms with Crippen LogP contribution < -0.4 is 15.9 Å². The Morgan fingerprint density at radius 2 is 1.05 bits per heavy atom. The van der Waals surface area contributed by atoms with Crippen molar-refractivity contribution >= 4 is 40.7 Å². The largest absolute Gasteiger partial charge is 0.456 e. The van der Waals surface area contributed by atoms with Crippen LogP contribution >= 0.6 is 18.9 Å². The molecule has 41 heavy (non-hydrogen) atoms. The number of ether oxygens (including phenoxy) is 1. The smallest absolute Gasteiger partial charge is 0.423 e. The number of hydrogen-bond acceptors (Lipinski definition) is 3. The van der Waals surface area contributed by atoms with E-state index in [1.54, 1.807) is 130 Å². The molecule has 0 aromatic heterocycles. The quantitative estimate of drug-likeness (QED) is 0.138. The van der Waals surface area contributed by atoms with E-state index in [0.717, 1.165) is 0 Å².